The van der Waals surface area contributed by atoms with Crippen LogP contribution in [0.3, 0.4) is 0 Å². The summed E-state index contributed by atoms with van der Waals surface area (Å²) in [6.07, 6.45) is 3.65. The van der Waals surface area contributed by atoms with Crippen LogP contribution in [0.15, 0.2) is 55.1 Å². The topological polar surface area (TPSA) is 113 Å². The van der Waals surface area contributed by atoms with Gasteiger partial charge in [0, 0.05) is 13.3 Å². The molecule has 0 saturated carbocycles. The molecule has 0 bridgehead atoms. The number of carbonyl (C=O) groups is 1. The lowest BCUT2D eigenvalue weighted by molar-refractivity contribution is -0.125. The van der Waals surface area contributed by atoms with E-state index in [1.54, 1.807) is 30.3 Å². The molecule has 0 radical (unpaired) electrons. The number of carbonyl (C=O) groups excluding carboxylic acids is 1. The number of pyridine rings is 1. The van der Waals surface area contributed by atoms with Crippen LogP contribution in [0.1, 0.15) is 5.56 Å². The van der Waals surface area contributed by atoms with E-state index in [4.69, 9.17) is 14.2 Å². The number of anilines is 1. The first-order valence-corrected chi connectivity index (χ1v) is 9.82. The van der Waals surface area contributed by atoms with Gasteiger partial charge in [0.1, 0.15) is 29.0 Å². The molecule has 0 aliphatic heterocycles. The highest BCUT2D eigenvalue weighted by molar-refractivity contribution is 5.94. The van der Waals surface area contributed by atoms with Crippen molar-refractivity contribution in [2.75, 3.05) is 26.1 Å². The van der Waals surface area contributed by atoms with Crippen molar-refractivity contribution in [1.29, 1.82) is 0 Å². The molecule has 1 unspecified atom stereocenters. The number of aryl methyl sites for hydroxylation is 1. The summed E-state index contributed by atoms with van der Waals surface area (Å²) in [6, 6.07) is 11.0. The number of fused-ring (bicyclic) bond motifs is 1. The summed E-state index contributed by atoms with van der Waals surface area (Å²) in [5.41, 5.74) is 2.21. The van der Waals surface area contributed by atoms with Gasteiger partial charge in [0.05, 0.1) is 19.9 Å². The number of rotatable bonds is 8. The van der Waals surface area contributed by atoms with Crippen LogP contribution in [0.2, 0.25) is 0 Å². The van der Waals surface area contributed by atoms with E-state index < -0.39 is 12.0 Å². The predicted octanol–water partition coefficient (Wildman–Crippen LogP) is 2.56. The number of hydrogen-bond acceptors (Lipinski definition) is 8. The first kappa shape index (κ1) is 21.2. The third-order valence-electron chi connectivity index (χ3n) is 4.67. The second-order valence-corrected chi connectivity index (χ2v) is 6.92. The molecular weight excluding hydrogens is 412 g/mol. The molecular formula is C22H22N6O4. The molecule has 32 heavy (non-hydrogen) atoms. The van der Waals surface area contributed by atoms with Gasteiger partial charge in [-0.05, 0) is 30.7 Å². The van der Waals surface area contributed by atoms with Crippen LogP contribution in [0, 0.1) is 6.92 Å². The van der Waals surface area contributed by atoms with Crippen molar-refractivity contribution in [1.82, 2.24) is 24.7 Å². The summed E-state index contributed by atoms with van der Waals surface area (Å²) in [6.45, 7) is 1.94. The van der Waals surface area contributed by atoms with Crippen molar-refractivity contribution in [3.05, 3.63) is 60.7 Å². The molecule has 1 N–H and O–H groups in total. The Kier molecular flexibility index (Phi) is 6.22. The van der Waals surface area contributed by atoms with Gasteiger partial charge >= 0.3 is 0 Å². The van der Waals surface area contributed by atoms with Gasteiger partial charge in [-0.3, -0.25) is 4.79 Å². The maximum Gasteiger partial charge on any atom is 0.269 e. The first-order valence-electron chi connectivity index (χ1n) is 9.82. The second-order valence-electron chi connectivity index (χ2n) is 6.92. The first-order chi connectivity index (χ1) is 15.6. The van der Waals surface area contributed by atoms with Gasteiger partial charge in [-0.15, -0.1) is 0 Å². The van der Waals surface area contributed by atoms with Crippen molar-refractivity contribution in [3.63, 3.8) is 0 Å². The van der Waals surface area contributed by atoms with Crippen molar-refractivity contribution in [2.45, 2.75) is 13.0 Å². The fraction of sp³-hybridized carbons (Fsp3) is 0.227. The third-order valence-corrected chi connectivity index (χ3v) is 4.67. The van der Waals surface area contributed by atoms with Gasteiger partial charge in [-0.2, -0.15) is 5.10 Å². The van der Waals surface area contributed by atoms with Crippen LogP contribution < -0.4 is 14.8 Å². The van der Waals surface area contributed by atoms with Crippen molar-refractivity contribution < 1.29 is 19.0 Å². The highest BCUT2D eigenvalue weighted by atomic mass is 16.5. The number of amides is 1. The largest absolute Gasteiger partial charge is 0.494 e. The normalized spacial score (nSPS) is 11.8. The lowest BCUT2D eigenvalue weighted by Gasteiger charge is -2.17. The summed E-state index contributed by atoms with van der Waals surface area (Å²) < 4.78 is 18.2. The van der Waals surface area contributed by atoms with E-state index in [1.165, 1.54) is 13.4 Å². The highest BCUT2D eigenvalue weighted by Gasteiger charge is 2.24. The summed E-state index contributed by atoms with van der Waals surface area (Å²) in [5.74, 6) is 0.861. The van der Waals surface area contributed by atoms with E-state index in [1.807, 2.05) is 37.3 Å². The molecule has 1 amide bonds. The zero-order valence-electron chi connectivity index (χ0n) is 17.8. The van der Waals surface area contributed by atoms with Crippen LogP contribution >= 0.6 is 0 Å². The fourth-order valence-corrected chi connectivity index (χ4v) is 3.10. The molecule has 10 nitrogen and oxygen atoms in total. The minimum atomic E-state index is -0.962. The Hall–Kier alpha value is -4.05. The Balaban J connectivity index is 1.62. The Morgan fingerprint density at radius 3 is 2.69 bits per heavy atom. The monoisotopic (exact) mass is 434 g/mol. The van der Waals surface area contributed by atoms with Crippen molar-refractivity contribution >= 4 is 22.8 Å². The number of hydrogen-bond donors (Lipinski definition) is 1. The molecule has 164 valence electrons. The number of nitrogens with one attached hydrogen (secondary N) is 1. The summed E-state index contributed by atoms with van der Waals surface area (Å²) in [5, 5.41) is 7.70. The zero-order chi connectivity index (χ0) is 22.5. The lowest BCUT2D eigenvalue weighted by Crippen LogP contribution is -2.37. The number of benzene rings is 1. The molecule has 4 aromatic rings. The van der Waals surface area contributed by atoms with Crippen LogP contribution in [0.4, 0.5) is 5.82 Å². The lowest BCUT2D eigenvalue weighted by atomic mass is 10.3. The second kappa shape index (κ2) is 9.40. The standard InChI is InChI=1S/C22H22N6O4/c1-14-8-9-19(23-10-14)27-21(29)18(12-30-2)32-22-15-11-26-28(20(15)24-13-25-22)16-6-4-5-7-17(16)31-3/h4-11,13,18H,12H2,1-3H3,(H,23,27,29). The number of methoxy groups -OCH3 is 2. The predicted molar refractivity (Wildman–Crippen MR) is 117 cm³/mol. The number of aromatic nitrogens is 5. The van der Waals surface area contributed by atoms with Crippen LogP contribution in [-0.4, -0.2) is 57.6 Å². The van der Waals surface area contributed by atoms with E-state index >= 15 is 0 Å². The number of para-hydroxylation sites is 2. The fourth-order valence-electron chi connectivity index (χ4n) is 3.10. The molecule has 1 atom stereocenters. The minimum Gasteiger partial charge on any atom is -0.494 e. The van der Waals surface area contributed by atoms with E-state index in [9.17, 15) is 4.79 Å². The molecule has 0 saturated heterocycles. The molecule has 0 aliphatic carbocycles. The quantitative estimate of drug-likeness (QED) is 0.450. The van der Waals surface area contributed by atoms with Crippen LogP contribution in [0.5, 0.6) is 11.6 Å². The average Bonchev–Trinajstić information content (AvgIpc) is 3.25. The van der Waals surface area contributed by atoms with Gasteiger partial charge < -0.3 is 19.5 Å². The van der Waals surface area contributed by atoms with Gasteiger partial charge in [-0.25, -0.2) is 19.6 Å². The van der Waals surface area contributed by atoms with Gasteiger partial charge in [0.25, 0.3) is 5.91 Å². The van der Waals surface area contributed by atoms with E-state index in [-0.39, 0.29) is 12.5 Å². The highest BCUT2D eigenvalue weighted by Crippen LogP contribution is 2.28. The Labute approximate surface area is 184 Å². The number of nitrogens with zero attached hydrogens (tertiary/aromatic N) is 5. The zero-order valence-corrected chi connectivity index (χ0v) is 17.8. The van der Waals surface area contributed by atoms with Crippen molar-refractivity contribution in [2.24, 2.45) is 0 Å². The third kappa shape index (κ3) is 4.35. The maximum atomic E-state index is 12.8. The van der Waals surface area contributed by atoms with Crippen LogP contribution in [0.25, 0.3) is 16.7 Å². The molecule has 0 aliphatic rings. The molecule has 3 heterocycles. The van der Waals surface area contributed by atoms with Gasteiger partial charge in [-0.1, -0.05) is 18.2 Å². The van der Waals surface area contributed by atoms with Gasteiger partial charge in [0.2, 0.25) is 12.0 Å². The Bertz CT molecular complexity index is 1220. The Morgan fingerprint density at radius 1 is 1.09 bits per heavy atom. The molecule has 0 spiro atoms. The molecule has 0 fully saturated rings. The molecule has 4 rings (SSSR count). The van der Waals surface area contributed by atoms with E-state index in [2.05, 4.69) is 25.4 Å². The number of ether oxygens (including phenoxy) is 3. The summed E-state index contributed by atoms with van der Waals surface area (Å²) in [7, 11) is 3.08. The van der Waals surface area contributed by atoms with Crippen molar-refractivity contribution in [3.8, 4) is 17.3 Å². The average molecular weight is 434 g/mol. The minimum absolute atomic E-state index is 0.0177. The smallest absolute Gasteiger partial charge is 0.269 e. The van der Waals surface area contributed by atoms with E-state index in [0.29, 0.717) is 28.3 Å². The SMILES string of the molecule is COCC(Oc1ncnc2c1cnn2-c1ccccc1OC)C(=O)Nc1ccc(C)cn1. The maximum absolute atomic E-state index is 12.8. The van der Waals surface area contributed by atoms with Crippen LogP contribution in [-0.2, 0) is 9.53 Å². The molecule has 10 heteroatoms. The molecule has 1 aromatic carbocycles. The molecule has 3 aromatic heterocycles. The summed E-state index contributed by atoms with van der Waals surface area (Å²) in [4.78, 5) is 25.5. The van der Waals surface area contributed by atoms with Gasteiger partial charge in [0.15, 0.2) is 5.65 Å². The Morgan fingerprint density at radius 2 is 1.94 bits per heavy atom. The van der Waals surface area contributed by atoms with E-state index in [0.717, 1.165) is 5.56 Å². The summed E-state index contributed by atoms with van der Waals surface area (Å²) >= 11 is 0.